The van der Waals surface area contributed by atoms with Gasteiger partial charge in [0, 0.05) is 4.88 Å². The maximum absolute atomic E-state index is 6.37. The van der Waals surface area contributed by atoms with Gasteiger partial charge in [0.1, 0.15) is 5.01 Å². The summed E-state index contributed by atoms with van der Waals surface area (Å²) >= 11 is 1.81. The zero-order valence-electron chi connectivity index (χ0n) is 10.9. The van der Waals surface area contributed by atoms with Gasteiger partial charge in [-0.15, -0.1) is 11.3 Å². The summed E-state index contributed by atoms with van der Waals surface area (Å²) in [4.78, 5) is 6.19. The lowest BCUT2D eigenvalue weighted by Crippen LogP contribution is -2.11. The lowest BCUT2D eigenvalue weighted by atomic mass is 10.0. The highest BCUT2D eigenvalue weighted by molar-refractivity contribution is 7.11. The van der Waals surface area contributed by atoms with Gasteiger partial charge in [-0.05, 0) is 49.1 Å². The second-order valence-corrected chi connectivity index (χ2v) is 6.81. The third-order valence-electron chi connectivity index (χ3n) is 4.22. The van der Waals surface area contributed by atoms with Gasteiger partial charge in [0.05, 0.1) is 11.7 Å². The van der Waals surface area contributed by atoms with Gasteiger partial charge in [0.2, 0.25) is 0 Å². The van der Waals surface area contributed by atoms with Gasteiger partial charge in [-0.2, -0.15) is 0 Å². The van der Waals surface area contributed by atoms with E-state index in [2.05, 4.69) is 24.3 Å². The number of aryl methyl sites for hydroxylation is 2. The molecule has 2 aliphatic rings. The molecule has 1 atom stereocenters. The second-order valence-electron chi connectivity index (χ2n) is 5.69. The third kappa shape index (κ3) is 2.11. The molecule has 4 rings (SSSR count). The van der Waals surface area contributed by atoms with E-state index in [1.807, 2.05) is 11.3 Å². The standard InChI is InChI=1S/C16H18N2S/c17-15(16-18-13-2-1-3-14(13)19-16)12-8-6-11(7-9-12)10-4-5-10/h6-10,15H,1-5,17H2. The van der Waals surface area contributed by atoms with Crippen molar-refractivity contribution in [3.05, 3.63) is 51.0 Å². The van der Waals surface area contributed by atoms with Crippen LogP contribution >= 0.6 is 11.3 Å². The van der Waals surface area contributed by atoms with E-state index in [4.69, 9.17) is 10.7 Å². The Bertz CT molecular complexity index is 574. The van der Waals surface area contributed by atoms with Crippen molar-refractivity contribution in [3.8, 4) is 0 Å². The average molecular weight is 270 g/mol. The van der Waals surface area contributed by atoms with E-state index in [0.29, 0.717) is 0 Å². The van der Waals surface area contributed by atoms with Crippen molar-refractivity contribution in [1.82, 2.24) is 4.98 Å². The highest BCUT2D eigenvalue weighted by atomic mass is 32.1. The Hall–Kier alpha value is -1.19. The minimum absolute atomic E-state index is 0.0520. The summed E-state index contributed by atoms with van der Waals surface area (Å²) in [5.41, 5.74) is 10.3. The van der Waals surface area contributed by atoms with E-state index in [9.17, 15) is 0 Å². The highest BCUT2D eigenvalue weighted by Gasteiger charge is 2.24. The van der Waals surface area contributed by atoms with Crippen molar-refractivity contribution in [2.45, 2.75) is 44.1 Å². The smallest absolute Gasteiger partial charge is 0.114 e. The van der Waals surface area contributed by atoms with Crippen LogP contribution in [0.15, 0.2) is 24.3 Å². The van der Waals surface area contributed by atoms with Gasteiger partial charge >= 0.3 is 0 Å². The molecule has 98 valence electrons. The third-order valence-corrected chi connectivity index (χ3v) is 5.46. The fourth-order valence-corrected chi connectivity index (χ4v) is 4.06. The van der Waals surface area contributed by atoms with E-state index in [1.54, 1.807) is 0 Å². The van der Waals surface area contributed by atoms with Crippen LogP contribution in [0.3, 0.4) is 0 Å². The van der Waals surface area contributed by atoms with E-state index in [1.165, 1.54) is 47.4 Å². The van der Waals surface area contributed by atoms with Gasteiger partial charge in [-0.25, -0.2) is 4.98 Å². The predicted octanol–water partition coefficient (Wildman–Crippen LogP) is 3.56. The van der Waals surface area contributed by atoms with Crippen molar-refractivity contribution in [1.29, 1.82) is 0 Å². The Balaban J connectivity index is 1.59. The van der Waals surface area contributed by atoms with Crippen molar-refractivity contribution < 1.29 is 0 Å². The number of fused-ring (bicyclic) bond motifs is 1. The molecule has 0 aliphatic heterocycles. The normalized spacial score (nSPS) is 19.4. The molecular weight excluding hydrogens is 252 g/mol. The summed E-state index contributed by atoms with van der Waals surface area (Å²) in [6, 6.07) is 8.81. The number of hydrogen-bond donors (Lipinski definition) is 1. The molecule has 0 amide bonds. The van der Waals surface area contributed by atoms with Crippen LogP contribution in [0.1, 0.15) is 57.9 Å². The van der Waals surface area contributed by atoms with Crippen LogP contribution in [0.2, 0.25) is 0 Å². The lowest BCUT2D eigenvalue weighted by Gasteiger charge is -2.10. The first-order valence-corrected chi connectivity index (χ1v) is 7.97. The lowest BCUT2D eigenvalue weighted by molar-refractivity contribution is 0.833. The summed E-state index contributed by atoms with van der Waals surface area (Å²) < 4.78 is 0. The monoisotopic (exact) mass is 270 g/mol. The largest absolute Gasteiger partial charge is 0.318 e. The summed E-state index contributed by atoms with van der Waals surface area (Å²) in [6.07, 6.45) is 6.30. The Morgan fingerprint density at radius 1 is 1.16 bits per heavy atom. The first-order valence-electron chi connectivity index (χ1n) is 7.15. The molecule has 0 radical (unpaired) electrons. The highest BCUT2D eigenvalue weighted by Crippen LogP contribution is 2.40. The Labute approximate surface area is 117 Å². The molecule has 2 N–H and O–H groups in total. The zero-order chi connectivity index (χ0) is 12.8. The second kappa shape index (κ2) is 4.43. The summed E-state index contributed by atoms with van der Waals surface area (Å²) in [7, 11) is 0. The number of nitrogens with two attached hydrogens (primary N) is 1. The minimum Gasteiger partial charge on any atom is -0.318 e. The molecule has 1 saturated carbocycles. The van der Waals surface area contributed by atoms with Crippen LogP contribution in [0.4, 0.5) is 0 Å². The molecule has 1 aromatic carbocycles. The number of aromatic nitrogens is 1. The molecule has 19 heavy (non-hydrogen) atoms. The van der Waals surface area contributed by atoms with Gasteiger partial charge in [0.15, 0.2) is 0 Å². The van der Waals surface area contributed by atoms with Gasteiger partial charge in [0.25, 0.3) is 0 Å². The fraction of sp³-hybridized carbons (Fsp3) is 0.438. The van der Waals surface area contributed by atoms with E-state index in [0.717, 1.165) is 17.3 Å². The quantitative estimate of drug-likeness (QED) is 0.926. The van der Waals surface area contributed by atoms with Crippen LogP contribution in [0.25, 0.3) is 0 Å². The van der Waals surface area contributed by atoms with E-state index >= 15 is 0 Å². The Kier molecular flexibility index (Phi) is 2.71. The van der Waals surface area contributed by atoms with Crippen molar-refractivity contribution in [2.75, 3.05) is 0 Å². The maximum atomic E-state index is 6.37. The minimum atomic E-state index is -0.0520. The fourth-order valence-electron chi connectivity index (χ4n) is 2.88. The Morgan fingerprint density at radius 3 is 2.63 bits per heavy atom. The summed E-state index contributed by atoms with van der Waals surface area (Å²) in [6.45, 7) is 0. The first-order chi connectivity index (χ1) is 9.31. The molecule has 0 saturated heterocycles. The summed E-state index contributed by atoms with van der Waals surface area (Å²) in [5, 5.41) is 1.09. The molecular formula is C16H18N2S. The number of rotatable bonds is 3. The van der Waals surface area contributed by atoms with Crippen LogP contribution in [0, 0.1) is 0 Å². The topological polar surface area (TPSA) is 38.9 Å². The summed E-state index contributed by atoms with van der Waals surface area (Å²) in [5.74, 6) is 0.814. The molecule has 1 aromatic heterocycles. The van der Waals surface area contributed by atoms with Crippen LogP contribution in [-0.4, -0.2) is 4.98 Å². The van der Waals surface area contributed by atoms with Crippen LogP contribution in [-0.2, 0) is 12.8 Å². The zero-order valence-corrected chi connectivity index (χ0v) is 11.7. The number of benzene rings is 1. The Morgan fingerprint density at radius 2 is 1.95 bits per heavy atom. The molecule has 2 aromatic rings. The average Bonchev–Trinajstić information content (AvgIpc) is 3.06. The van der Waals surface area contributed by atoms with Crippen LogP contribution < -0.4 is 5.73 Å². The molecule has 1 unspecified atom stereocenters. The molecule has 0 bridgehead atoms. The molecule has 0 spiro atoms. The SMILES string of the molecule is NC(c1ccc(C2CC2)cc1)c1nc2c(s1)CCC2. The number of nitrogens with zero attached hydrogens (tertiary/aromatic N) is 1. The first kappa shape index (κ1) is 11.6. The number of thiazole rings is 1. The molecule has 1 heterocycles. The molecule has 2 aliphatic carbocycles. The predicted molar refractivity (Wildman–Crippen MR) is 78.6 cm³/mol. The van der Waals surface area contributed by atoms with Crippen molar-refractivity contribution in [2.24, 2.45) is 5.73 Å². The maximum Gasteiger partial charge on any atom is 0.114 e. The number of hydrogen-bond acceptors (Lipinski definition) is 3. The van der Waals surface area contributed by atoms with Gasteiger partial charge < -0.3 is 5.73 Å². The van der Waals surface area contributed by atoms with Gasteiger partial charge in [-0.1, -0.05) is 24.3 Å². The van der Waals surface area contributed by atoms with Crippen LogP contribution in [0.5, 0.6) is 0 Å². The molecule has 2 nitrogen and oxygen atoms in total. The van der Waals surface area contributed by atoms with Crippen molar-refractivity contribution in [3.63, 3.8) is 0 Å². The van der Waals surface area contributed by atoms with Gasteiger partial charge in [-0.3, -0.25) is 0 Å². The molecule has 3 heteroatoms. The van der Waals surface area contributed by atoms with Crippen molar-refractivity contribution >= 4 is 11.3 Å². The molecule has 1 fully saturated rings. The van der Waals surface area contributed by atoms with E-state index in [-0.39, 0.29) is 6.04 Å². The van der Waals surface area contributed by atoms with E-state index < -0.39 is 0 Å².